The van der Waals surface area contributed by atoms with E-state index >= 15 is 0 Å². The average Bonchev–Trinajstić information content (AvgIpc) is 2.76. The number of hydrogen-bond acceptors (Lipinski definition) is 7. The zero-order valence-electron chi connectivity index (χ0n) is 16.0. The molecule has 8 nitrogen and oxygen atoms in total. The molecule has 0 atom stereocenters. The second kappa shape index (κ2) is 8.24. The molecule has 148 valence electrons. The Hall–Kier alpha value is -3.52. The highest BCUT2D eigenvalue weighted by Crippen LogP contribution is 2.27. The minimum atomic E-state index is -0.421. The van der Waals surface area contributed by atoms with Crippen LogP contribution in [-0.2, 0) is 0 Å². The average molecular weight is 389 g/mol. The number of piperidine rings is 1. The van der Waals surface area contributed by atoms with E-state index in [4.69, 9.17) is 11.5 Å². The Morgan fingerprint density at radius 1 is 1.10 bits per heavy atom. The minimum absolute atomic E-state index is 0.0881. The van der Waals surface area contributed by atoms with Crippen LogP contribution in [0.3, 0.4) is 0 Å². The molecular formula is C21H23N7O. The Morgan fingerprint density at radius 3 is 2.62 bits per heavy atom. The van der Waals surface area contributed by atoms with Crippen LogP contribution in [-0.4, -0.2) is 40.0 Å². The molecule has 1 aliphatic heterocycles. The molecule has 1 fully saturated rings. The smallest absolute Gasteiger partial charge is 0.278 e. The van der Waals surface area contributed by atoms with Crippen molar-refractivity contribution in [3.8, 4) is 11.1 Å². The number of nitrogens with one attached hydrogen (secondary N) is 1. The predicted molar refractivity (Wildman–Crippen MR) is 113 cm³/mol. The second-order valence-corrected chi connectivity index (χ2v) is 7.03. The van der Waals surface area contributed by atoms with Crippen molar-refractivity contribution in [1.29, 1.82) is 0 Å². The summed E-state index contributed by atoms with van der Waals surface area (Å²) < 4.78 is 0. The van der Waals surface area contributed by atoms with Gasteiger partial charge in [0.1, 0.15) is 5.82 Å². The van der Waals surface area contributed by atoms with Gasteiger partial charge in [-0.25, -0.2) is 9.97 Å². The molecule has 4 rings (SSSR count). The van der Waals surface area contributed by atoms with Crippen LogP contribution in [0.25, 0.3) is 11.1 Å². The van der Waals surface area contributed by atoms with Gasteiger partial charge in [0.2, 0.25) is 0 Å². The molecule has 3 heterocycles. The van der Waals surface area contributed by atoms with Crippen molar-refractivity contribution in [2.45, 2.75) is 18.9 Å². The molecule has 5 N–H and O–H groups in total. The van der Waals surface area contributed by atoms with Crippen LogP contribution in [0.2, 0.25) is 0 Å². The quantitative estimate of drug-likeness (QED) is 0.625. The molecule has 1 amide bonds. The lowest BCUT2D eigenvalue weighted by Gasteiger charge is -2.31. The zero-order chi connectivity index (χ0) is 20.2. The first kappa shape index (κ1) is 18.8. The highest BCUT2D eigenvalue weighted by atomic mass is 16.1. The molecule has 1 aliphatic rings. The van der Waals surface area contributed by atoms with Crippen LogP contribution in [0, 0.1) is 0 Å². The van der Waals surface area contributed by atoms with E-state index in [0.29, 0.717) is 11.5 Å². The highest BCUT2D eigenvalue weighted by Gasteiger charge is 2.21. The summed E-state index contributed by atoms with van der Waals surface area (Å²) in [5.74, 6) is 0.298. The van der Waals surface area contributed by atoms with E-state index in [2.05, 4.69) is 25.2 Å². The number of rotatable bonds is 4. The third-order valence-corrected chi connectivity index (χ3v) is 5.02. The van der Waals surface area contributed by atoms with Gasteiger partial charge >= 0.3 is 0 Å². The summed E-state index contributed by atoms with van der Waals surface area (Å²) in [6.07, 6.45) is 6.66. The van der Waals surface area contributed by atoms with Crippen molar-refractivity contribution < 1.29 is 4.79 Å². The minimum Gasteiger partial charge on any atom is -0.382 e. The number of nitrogen functional groups attached to an aromatic ring is 1. The predicted octanol–water partition coefficient (Wildman–Crippen LogP) is 2.30. The Balaban J connectivity index is 1.59. The fourth-order valence-electron chi connectivity index (χ4n) is 3.38. The van der Waals surface area contributed by atoms with Crippen molar-refractivity contribution in [3.05, 3.63) is 60.7 Å². The lowest BCUT2D eigenvalue weighted by Crippen LogP contribution is -2.40. The van der Waals surface area contributed by atoms with Gasteiger partial charge in [0, 0.05) is 30.9 Å². The Labute approximate surface area is 169 Å². The normalized spacial score (nSPS) is 14.6. The van der Waals surface area contributed by atoms with E-state index < -0.39 is 5.91 Å². The first-order chi connectivity index (χ1) is 14.1. The van der Waals surface area contributed by atoms with Crippen molar-refractivity contribution >= 4 is 23.2 Å². The number of aromatic nitrogens is 3. The molecule has 8 heteroatoms. The number of nitrogens with zero attached hydrogens (tertiary/aromatic N) is 4. The summed E-state index contributed by atoms with van der Waals surface area (Å²) in [5.41, 5.74) is 14.4. The van der Waals surface area contributed by atoms with Crippen molar-refractivity contribution in [2.75, 3.05) is 29.0 Å². The summed E-state index contributed by atoms with van der Waals surface area (Å²) in [7, 11) is 0. The first-order valence-electron chi connectivity index (χ1n) is 9.55. The highest BCUT2D eigenvalue weighted by molar-refractivity contribution is 6.07. The van der Waals surface area contributed by atoms with Crippen LogP contribution in [0.15, 0.2) is 55.0 Å². The van der Waals surface area contributed by atoms with Gasteiger partial charge in [-0.15, -0.1) is 0 Å². The molecule has 2 aromatic heterocycles. The van der Waals surface area contributed by atoms with E-state index in [1.807, 2.05) is 36.4 Å². The standard InChI is InChI=1S/C21H23N7O/c22-15-7-10-28(11-8-15)18-13-25-20(23)19(27-18)21(29)26-17-12-24-9-6-16(17)14-4-2-1-3-5-14/h1-6,9,12-13,15H,7-8,10-11,22H2,(H2,23,25)(H,26,29). The molecule has 3 aromatic rings. The summed E-state index contributed by atoms with van der Waals surface area (Å²) in [6, 6.07) is 11.8. The number of nitrogens with two attached hydrogens (primary N) is 2. The number of benzene rings is 1. The van der Waals surface area contributed by atoms with Crippen LogP contribution < -0.4 is 21.7 Å². The van der Waals surface area contributed by atoms with E-state index in [0.717, 1.165) is 37.1 Å². The SMILES string of the molecule is Nc1ncc(N2CCC(N)CC2)nc1C(=O)Nc1cnccc1-c1ccccc1. The fourth-order valence-corrected chi connectivity index (χ4v) is 3.38. The van der Waals surface area contributed by atoms with Gasteiger partial charge in [0.05, 0.1) is 18.1 Å². The van der Waals surface area contributed by atoms with Crippen LogP contribution in [0.4, 0.5) is 17.3 Å². The van der Waals surface area contributed by atoms with Crippen LogP contribution >= 0.6 is 0 Å². The van der Waals surface area contributed by atoms with E-state index in [9.17, 15) is 4.79 Å². The molecule has 0 radical (unpaired) electrons. The van der Waals surface area contributed by atoms with Crippen LogP contribution in [0.5, 0.6) is 0 Å². The topological polar surface area (TPSA) is 123 Å². The van der Waals surface area contributed by atoms with Crippen molar-refractivity contribution in [3.63, 3.8) is 0 Å². The van der Waals surface area contributed by atoms with E-state index in [1.54, 1.807) is 18.6 Å². The van der Waals surface area contributed by atoms with Gasteiger partial charge in [-0.3, -0.25) is 9.78 Å². The van der Waals surface area contributed by atoms with Gasteiger partial charge in [-0.05, 0) is 24.5 Å². The van der Waals surface area contributed by atoms with Crippen LogP contribution in [0.1, 0.15) is 23.3 Å². The molecule has 29 heavy (non-hydrogen) atoms. The van der Waals surface area contributed by atoms with Gasteiger partial charge in [0.25, 0.3) is 5.91 Å². The maximum absolute atomic E-state index is 12.9. The maximum atomic E-state index is 12.9. The summed E-state index contributed by atoms with van der Waals surface area (Å²) >= 11 is 0. The number of hydrogen-bond donors (Lipinski definition) is 3. The van der Waals surface area contributed by atoms with Gasteiger partial charge in [-0.2, -0.15) is 0 Å². The number of carbonyl (C=O) groups is 1. The van der Waals surface area contributed by atoms with Crippen molar-refractivity contribution in [1.82, 2.24) is 15.0 Å². The fraction of sp³-hybridized carbons (Fsp3) is 0.238. The molecule has 0 bridgehead atoms. The summed E-state index contributed by atoms with van der Waals surface area (Å²) in [4.78, 5) is 27.8. The molecular weight excluding hydrogens is 366 g/mol. The largest absolute Gasteiger partial charge is 0.382 e. The van der Waals surface area contributed by atoms with Gasteiger partial charge in [-0.1, -0.05) is 30.3 Å². The maximum Gasteiger partial charge on any atom is 0.278 e. The first-order valence-corrected chi connectivity index (χ1v) is 9.55. The van der Waals surface area contributed by atoms with Gasteiger partial charge < -0.3 is 21.7 Å². The summed E-state index contributed by atoms with van der Waals surface area (Å²) in [5, 5.41) is 2.88. The number of carbonyl (C=O) groups excluding carboxylic acids is 1. The second-order valence-electron chi connectivity index (χ2n) is 7.03. The molecule has 0 spiro atoms. The molecule has 1 aromatic carbocycles. The third kappa shape index (κ3) is 4.17. The number of amides is 1. The summed E-state index contributed by atoms with van der Waals surface area (Å²) in [6.45, 7) is 1.56. The Kier molecular flexibility index (Phi) is 5.35. The molecule has 0 aliphatic carbocycles. The van der Waals surface area contributed by atoms with Crippen molar-refractivity contribution in [2.24, 2.45) is 5.73 Å². The number of pyridine rings is 1. The molecule has 0 saturated carbocycles. The Bertz CT molecular complexity index is 1000. The zero-order valence-corrected chi connectivity index (χ0v) is 16.0. The Morgan fingerprint density at radius 2 is 1.86 bits per heavy atom. The lowest BCUT2D eigenvalue weighted by atomic mass is 10.1. The molecule has 1 saturated heterocycles. The van der Waals surface area contributed by atoms with Gasteiger partial charge in [0.15, 0.2) is 11.5 Å². The third-order valence-electron chi connectivity index (χ3n) is 5.02. The van der Waals surface area contributed by atoms with E-state index in [-0.39, 0.29) is 17.6 Å². The number of anilines is 3. The monoisotopic (exact) mass is 389 g/mol. The lowest BCUT2D eigenvalue weighted by molar-refractivity contribution is 0.102. The van der Waals surface area contributed by atoms with E-state index in [1.165, 1.54) is 0 Å². The molecule has 0 unspecified atom stereocenters.